The first kappa shape index (κ1) is 16.2. The zero-order chi connectivity index (χ0) is 15.3. The number of carbonyl (C=O) groups is 2. The Kier molecular flexibility index (Phi) is 5.27. The number of carboxylic acids is 1. The van der Waals surface area contributed by atoms with Crippen molar-refractivity contribution in [1.29, 1.82) is 0 Å². The molecule has 5 nitrogen and oxygen atoms in total. The van der Waals surface area contributed by atoms with Crippen LogP contribution in [0.25, 0.3) is 0 Å². The SMILES string of the molecule is Cc1cccc(C(=O)NC[C@@H](NC(C)(C)C)C(=O)O)c1. The van der Waals surface area contributed by atoms with Crippen LogP contribution in [0.3, 0.4) is 0 Å². The zero-order valence-corrected chi connectivity index (χ0v) is 12.4. The van der Waals surface area contributed by atoms with Crippen molar-refractivity contribution in [2.75, 3.05) is 6.54 Å². The molecule has 5 heteroatoms. The van der Waals surface area contributed by atoms with Crippen LogP contribution < -0.4 is 10.6 Å². The molecular weight excluding hydrogens is 256 g/mol. The van der Waals surface area contributed by atoms with E-state index in [1.807, 2.05) is 33.8 Å². The molecule has 0 aliphatic heterocycles. The van der Waals surface area contributed by atoms with E-state index in [0.717, 1.165) is 5.56 Å². The van der Waals surface area contributed by atoms with Gasteiger partial charge in [0.2, 0.25) is 0 Å². The van der Waals surface area contributed by atoms with Gasteiger partial charge in [-0.25, -0.2) is 0 Å². The molecule has 0 radical (unpaired) electrons. The Morgan fingerprint density at radius 1 is 1.30 bits per heavy atom. The first-order valence-electron chi connectivity index (χ1n) is 6.54. The molecule has 3 N–H and O–H groups in total. The lowest BCUT2D eigenvalue weighted by Crippen LogP contribution is -2.53. The molecule has 0 aromatic heterocycles. The van der Waals surface area contributed by atoms with Crippen LogP contribution in [0.1, 0.15) is 36.7 Å². The Hall–Kier alpha value is -1.88. The van der Waals surface area contributed by atoms with E-state index in [1.165, 1.54) is 0 Å². The van der Waals surface area contributed by atoms with Gasteiger partial charge in [0.1, 0.15) is 6.04 Å². The monoisotopic (exact) mass is 278 g/mol. The number of benzene rings is 1. The maximum absolute atomic E-state index is 12.0. The minimum Gasteiger partial charge on any atom is -0.480 e. The molecule has 0 aliphatic rings. The fourth-order valence-corrected chi connectivity index (χ4v) is 1.81. The van der Waals surface area contributed by atoms with Crippen LogP contribution in [-0.4, -0.2) is 35.1 Å². The summed E-state index contributed by atoms with van der Waals surface area (Å²) in [6.45, 7) is 7.58. The minimum absolute atomic E-state index is 0.0411. The summed E-state index contributed by atoms with van der Waals surface area (Å²) in [7, 11) is 0. The highest BCUT2D eigenvalue weighted by Crippen LogP contribution is 2.04. The van der Waals surface area contributed by atoms with Crippen molar-refractivity contribution < 1.29 is 14.7 Å². The first-order valence-corrected chi connectivity index (χ1v) is 6.54. The van der Waals surface area contributed by atoms with E-state index in [-0.39, 0.29) is 18.0 Å². The average Bonchev–Trinajstić information content (AvgIpc) is 2.32. The maximum atomic E-state index is 12.0. The van der Waals surface area contributed by atoms with Crippen LogP contribution in [-0.2, 0) is 4.79 Å². The molecule has 20 heavy (non-hydrogen) atoms. The fourth-order valence-electron chi connectivity index (χ4n) is 1.81. The zero-order valence-electron chi connectivity index (χ0n) is 12.4. The Morgan fingerprint density at radius 2 is 1.95 bits per heavy atom. The van der Waals surface area contributed by atoms with Gasteiger partial charge in [-0.05, 0) is 39.8 Å². The van der Waals surface area contributed by atoms with Gasteiger partial charge in [-0.1, -0.05) is 17.7 Å². The summed E-state index contributed by atoms with van der Waals surface area (Å²) in [5, 5.41) is 14.8. The number of amides is 1. The lowest BCUT2D eigenvalue weighted by molar-refractivity contribution is -0.139. The average molecular weight is 278 g/mol. The number of carboxylic acid groups (broad SMARTS) is 1. The summed E-state index contributed by atoms with van der Waals surface area (Å²) in [6.07, 6.45) is 0. The normalized spacial score (nSPS) is 12.8. The van der Waals surface area contributed by atoms with Gasteiger partial charge in [-0.15, -0.1) is 0 Å². The van der Waals surface area contributed by atoms with Crippen molar-refractivity contribution in [2.24, 2.45) is 0 Å². The van der Waals surface area contributed by atoms with E-state index in [1.54, 1.807) is 18.2 Å². The summed E-state index contributed by atoms with van der Waals surface area (Å²) >= 11 is 0. The van der Waals surface area contributed by atoms with Gasteiger partial charge in [-0.2, -0.15) is 0 Å². The fraction of sp³-hybridized carbons (Fsp3) is 0.467. The van der Waals surface area contributed by atoms with E-state index in [2.05, 4.69) is 10.6 Å². The molecule has 110 valence electrons. The molecule has 0 fully saturated rings. The van der Waals surface area contributed by atoms with Gasteiger partial charge in [0, 0.05) is 17.6 Å². The standard InChI is InChI=1S/C15H22N2O3/c1-10-6-5-7-11(8-10)13(18)16-9-12(14(19)20)17-15(2,3)4/h5-8,12,17H,9H2,1-4H3,(H,16,18)(H,19,20)/t12-/m1/s1. The number of aliphatic carboxylic acids is 1. The third-order valence-corrected chi connectivity index (χ3v) is 2.65. The van der Waals surface area contributed by atoms with Crippen molar-refractivity contribution in [2.45, 2.75) is 39.3 Å². The number of hydrogen-bond acceptors (Lipinski definition) is 3. The molecule has 0 bridgehead atoms. The van der Waals surface area contributed by atoms with Gasteiger partial charge in [0.15, 0.2) is 0 Å². The minimum atomic E-state index is -0.982. The Labute approximate surface area is 119 Å². The van der Waals surface area contributed by atoms with E-state index in [9.17, 15) is 9.59 Å². The lowest BCUT2D eigenvalue weighted by atomic mass is 10.1. The Balaban J connectivity index is 2.64. The van der Waals surface area contributed by atoms with E-state index < -0.39 is 12.0 Å². The molecule has 0 spiro atoms. The van der Waals surface area contributed by atoms with Crippen molar-refractivity contribution >= 4 is 11.9 Å². The van der Waals surface area contributed by atoms with E-state index in [4.69, 9.17) is 5.11 Å². The predicted octanol–water partition coefficient (Wildman–Crippen LogP) is 1.57. The van der Waals surface area contributed by atoms with E-state index >= 15 is 0 Å². The van der Waals surface area contributed by atoms with Crippen molar-refractivity contribution in [3.63, 3.8) is 0 Å². The summed E-state index contributed by atoms with van der Waals surface area (Å²) < 4.78 is 0. The second-order valence-electron chi connectivity index (χ2n) is 5.86. The highest BCUT2D eigenvalue weighted by molar-refractivity contribution is 5.94. The first-order chi connectivity index (χ1) is 9.19. The Morgan fingerprint density at radius 3 is 2.45 bits per heavy atom. The van der Waals surface area contributed by atoms with Gasteiger partial charge in [-0.3, -0.25) is 14.9 Å². The van der Waals surface area contributed by atoms with Gasteiger partial charge >= 0.3 is 5.97 Å². The highest BCUT2D eigenvalue weighted by atomic mass is 16.4. The highest BCUT2D eigenvalue weighted by Gasteiger charge is 2.23. The lowest BCUT2D eigenvalue weighted by Gasteiger charge is -2.26. The molecule has 1 rings (SSSR count). The number of carbonyl (C=O) groups excluding carboxylic acids is 1. The van der Waals surface area contributed by atoms with Gasteiger partial charge < -0.3 is 10.4 Å². The molecule has 0 heterocycles. The molecule has 0 aliphatic carbocycles. The second kappa shape index (κ2) is 6.52. The third kappa shape index (κ3) is 5.40. The molecule has 0 unspecified atom stereocenters. The van der Waals surface area contributed by atoms with Crippen LogP contribution in [0.4, 0.5) is 0 Å². The summed E-state index contributed by atoms with van der Waals surface area (Å²) in [6, 6.07) is 6.35. The van der Waals surface area contributed by atoms with Crippen LogP contribution in [0, 0.1) is 6.92 Å². The van der Waals surface area contributed by atoms with Crippen molar-refractivity contribution in [3.8, 4) is 0 Å². The molecule has 1 aromatic rings. The summed E-state index contributed by atoms with van der Waals surface area (Å²) in [4.78, 5) is 23.1. The molecule has 0 saturated heterocycles. The number of hydrogen-bond donors (Lipinski definition) is 3. The van der Waals surface area contributed by atoms with Crippen LogP contribution in [0.15, 0.2) is 24.3 Å². The smallest absolute Gasteiger partial charge is 0.322 e. The quantitative estimate of drug-likeness (QED) is 0.764. The number of nitrogens with one attached hydrogen (secondary N) is 2. The molecule has 1 aromatic carbocycles. The molecule has 1 amide bonds. The Bertz CT molecular complexity index is 492. The summed E-state index contributed by atoms with van der Waals surface area (Å²) in [5.41, 5.74) is 1.18. The van der Waals surface area contributed by atoms with Crippen LogP contribution in [0.2, 0.25) is 0 Å². The van der Waals surface area contributed by atoms with Gasteiger partial charge in [0.25, 0.3) is 5.91 Å². The van der Waals surface area contributed by atoms with Crippen LogP contribution >= 0.6 is 0 Å². The van der Waals surface area contributed by atoms with Crippen molar-refractivity contribution in [3.05, 3.63) is 35.4 Å². The van der Waals surface area contributed by atoms with E-state index in [0.29, 0.717) is 5.56 Å². The van der Waals surface area contributed by atoms with Gasteiger partial charge in [0.05, 0.1) is 0 Å². The number of rotatable bonds is 5. The number of aryl methyl sites for hydroxylation is 1. The third-order valence-electron chi connectivity index (χ3n) is 2.65. The predicted molar refractivity (Wildman–Crippen MR) is 77.8 cm³/mol. The topological polar surface area (TPSA) is 78.4 Å². The second-order valence-corrected chi connectivity index (χ2v) is 5.86. The maximum Gasteiger partial charge on any atom is 0.322 e. The molecular formula is C15H22N2O3. The van der Waals surface area contributed by atoms with Crippen molar-refractivity contribution in [1.82, 2.24) is 10.6 Å². The van der Waals surface area contributed by atoms with Crippen LogP contribution in [0.5, 0.6) is 0 Å². The summed E-state index contributed by atoms with van der Waals surface area (Å²) in [5.74, 6) is -1.25. The molecule has 1 atom stereocenters. The molecule has 0 saturated carbocycles. The largest absolute Gasteiger partial charge is 0.480 e.